The van der Waals surface area contributed by atoms with Crippen LogP contribution in [0.4, 0.5) is 4.79 Å². The van der Waals surface area contributed by atoms with Crippen LogP contribution in [-0.4, -0.2) is 30.0 Å². The maximum atomic E-state index is 12.8. The van der Waals surface area contributed by atoms with Gasteiger partial charge in [-0.25, -0.2) is 4.79 Å². The molecule has 1 heterocycles. The van der Waals surface area contributed by atoms with Crippen LogP contribution in [0.5, 0.6) is 5.75 Å². The first-order valence-corrected chi connectivity index (χ1v) is 8.28. The number of ether oxygens (including phenoxy) is 1. The Hall–Kier alpha value is -3.33. The van der Waals surface area contributed by atoms with E-state index >= 15 is 0 Å². The second-order valence-corrected chi connectivity index (χ2v) is 6.36. The molecule has 1 N–H and O–H groups in total. The van der Waals surface area contributed by atoms with Crippen molar-refractivity contribution >= 4 is 11.9 Å². The molecule has 0 bridgehead atoms. The van der Waals surface area contributed by atoms with Gasteiger partial charge < -0.3 is 10.1 Å². The second-order valence-electron chi connectivity index (χ2n) is 6.36. The van der Waals surface area contributed by atoms with E-state index < -0.39 is 11.6 Å². The lowest BCUT2D eigenvalue weighted by Gasteiger charge is -2.22. The Kier molecular flexibility index (Phi) is 4.63. The molecule has 6 nitrogen and oxygen atoms in total. The van der Waals surface area contributed by atoms with Crippen LogP contribution >= 0.6 is 0 Å². The molecule has 6 heteroatoms. The van der Waals surface area contributed by atoms with E-state index in [1.807, 2.05) is 37.3 Å². The number of hydrogen-bond acceptors (Lipinski definition) is 4. The molecule has 3 rings (SSSR count). The van der Waals surface area contributed by atoms with E-state index in [-0.39, 0.29) is 19.1 Å². The van der Waals surface area contributed by atoms with Crippen molar-refractivity contribution in [3.63, 3.8) is 0 Å². The molecule has 0 radical (unpaired) electrons. The number of hydrogen-bond donors (Lipinski definition) is 1. The number of aryl methyl sites for hydroxylation is 1. The van der Waals surface area contributed by atoms with Crippen LogP contribution in [0.3, 0.4) is 0 Å². The van der Waals surface area contributed by atoms with Gasteiger partial charge in [-0.1, -0.05) is 29.8 Å². The maximum Gasteiger partial charge on any atom is 0.325 e. The highest BCUT2D eigenvalue weighted by Gasteiger charge is 2.48. The minimum absolute atomic E-state index is 0.157. The van der Waals surface area contributed by atoms with Gasteiger partial charge >= 0.3 is 6.03 Å². The van der Waals surface area contributed by atoms with E-state index in [2.05, 4.69) is 5.32 Å². The van der Waals surface area contributed by atoms with Crippen molar-refractivity contribution in [3.8, 4) is 11.8 Å². The second kappa shape index (κ2) is 6.89. The van der Waals surface area contributed by atoms with Crippen molar-refractivity contribution in [1.82, 2.24) is 10.2 Å². The van der Waals surface area contributed by atoms with Gasteiger partial charge in [-0.2, -0.15) is 5.26 Å². The summed E-state index contributed by atoms with van der Waals surface area (Å²) in [4.78, 5) is 26.2. The third kappa shape index (κ3) is 3.24. The Labute approximate surface area is 152 Å². The molecule has 0 aliphatic carbocycles. The molecule has 132 valence electrons. The minimum atomic E-state index is -1.14. The van der Waals surface area contributed by atoms with E-state index in [0.29, 0.717) is 16.9 Å². The molecule has 3 amide bonds. The number of amides is 3. The number of benzene rings is 2. The lowest BCUT2D eigenvalue weighted by atomic mass is 9.91. The molecular weight excluding hydrogens is 330 g/mol. The van der Waals surface area contributed by atoms with Gasteiger partial charge in [-0.05, 0) is 43.7 Å². The number of nitrogens with zero attached hydrogens (tertiary/aromatic N) is 2. The molecule has 1 saturated heterocycles. The summed E-state index contributed by atoms with van der Waals surface area (Å²) >= 11 is 0. The van der Waals surface area contributed by atoms with Gasteiger partial charge in [-0.15, -0.1) is 0 Å². The third-order valence-corrected chi connectivity index (χ3v) is 4.47. The van der Waals surface area contributed by atoms with E-state index in [9.17, 15) is 9.59 Å². The summed E-state index contributed by atoms with van der Waals surface area (Å²) < 4.78 is 5.61. The lowest BCUT2D eigenvalue weighted by molar-refractivity contribution is -0.131. The van der Waals surface area contributed by atoms with E-state index in [1.165, 1.54) is 0 Å². The number of nitriles is 1. The summed E-state index contributed by atoms with van der Waals surface area (Å²) in [5.41, 5.74) is 1.12. The molecule has 0 saturated carbocycles. The largest absolute Gasteiger partial charge is 0.492 e. The zero-order valence-electron chi connectivity index (χ0n) is 14.7. The predicted molar refractivity (Wildman–Crippen MR) is 95.4 cm³/mol. The monoisotopic (exact) mass is 349 g/mol. The molecule has 2 aromatic rings. The van der Waals surface area contributed by atoms with Gasteiger partial charge in [0.25, 0.3) is 5.91 Å². The Morgan fingerprint density at radius 1 is 1.12 bits per heavy atom. The Balaban J connectivity index is 1.67. The molecule has 1 aliphatic rings. The summed E-state index contributed by atoms with van der Waals surface area (Å²) in [6.07, 6.45) is 0. The number of imide groups is 1. The molecular formula is C20H19N3O3. The molecule has 0 aromatic heterocycles. The fourth-order valence-electron chi connectivity index (χ4n) is 2.86. The highest BCUT2D eigenvalue weighted by Crippen LogP contribution is 2.28. The van der Waals surface area contributed by atoms with E-state index in [1.54, 1.807) is 31.2 Å². The van der Waals surface area contributed by atoms with Gasteiger partial charge in [-0.3, -0.25) is 9.69 Å². The van der Waals surface area contributed by atoms with Crippen LogP contribution in [0.15, 0.2) is 48.5 Å². The topological polar surface area (TPSA) is 82.4 Å². The van der Waals surface area contributed by atoms with Crippen molar-refractivity contribution in [2.75, 3.05) is 13.2 Å². The molecule has 0 unspecified atom stereocenters. The number of urea groups is 1. The predicted octanol–water partition coefficient (Wildman–Crippen LogP) is 2.71. The van der Waals surface area contributed by atoms with Gasteiger partial charge in [0.05, 0.1) is 18.2 Å². The Morgan fingerprint density at radius 3 is 2.38 bits per heavy atom. The molecule has 2 aromatic carbocycles. The van der Waals surface area contributed by atoms with E-state index in [4.69, 9.17) is 10.00 Å². The highest BCUT2D eigenvalue weighted by atomic mass is 16.5. The Bertz CT molecular complexity index is 869. The summed E-state index contributed by atoms with van der Waals surface area (Å²) in [5, 5.41) is 11.6. The van der Waals surface area contributed by atoms with Crippen LogP contribution in [0.25, 0.3) is 0 Å². The zero-order valence-corrected chi connectivity index (χ0v) is 14.7. The van der Waals surface area contributed by atoms with Gasteiger partial charge in [0.15, 0.2) is 0 Å². The SMILES string of the molecule is Cc1ccc(OCCN2C(=O)N[C@](C)(c3ccc(C#N)cc3)C2=O)cc1. The maximum absolute atomic E-state index is 12.8. The number of carbonyl (C=O) groups excluding carboxylic acids is 2. The van der Waals surface area contributed by atoms with Gasteiger partial charge in [0.1, 0.15) is 17.9 Å². The van der Waals surface area contributed by atoms with Crippen molar-refractivity contribution in [2.45, 2.75) is 19.4 Å². The first kappa shape index (κ1) is 17.5. The highest BCUT2D eigenvalue weighted by molar-refractivity contribution is 6.07. The van der Waals surface area contributed by atoms with Crippen molar-refractivity contribution in [2.24, 2.45) is 0 Å². The van der Waals surface area contributed by atoms with Crippen LogP contribution < -0.4 is 10.1 Å². The van der Waals surface area contributed by atoms with Crippen LogP contribution in [0, 0.1) is 18.3 Å². The molecule has 1 atom stereocenters. The van der Waals surface area contributed by atoms with Crippen LogP contribution in [0.1, 0.15) is 23.6 Å². The minimum Gasteiger partial charge on any atom is -0.492 e. The summed E-state index contributed by atoms with van der Waals surface area (Å²) in [6, 6.07) is 15.8. The average molecular weight is 349 g/mol. The summed E-state index contributed by atoms with van der Waals surface area (Å²) in [7, 11) is 0. The Morgan fingerprint density at radius 2 is 1.77 bits per heavy atom. The molecule has 0 spiro atoms. The third-order valence-electron chi connectivity index (χ3n) is 4.47. The standard InChI is InChI=1S/C20H19N3O3/c1-14-3-9-17(10-4-14)26-12-11-23-18(24)20(2,22-19(23)25)16-7-5-15(13-21)6-8-16/h3-10H,11-12H2,1-2H3,(H,22,25)/t20-/m1/s1. The van der Waals surface area contributed by atoms with Crippen molar-refractivity contribution in [3.05, 3.63) is 65.2 Å². The fourth-order valence-corrected chi connectivity index (χ4v) is 2.86. The van der Waals surface area contributed by atoms with Gasteiger partial charge in [0.2, 0.25) is 0 Å². The normalized spacial score (nSPS) is 19.2. The zero-order chi connectivity index (χ0) is 18.7. The number of nitrogens with one attached hydrogen (secondary N) is 1. The summed E-state index contributed by atoms with van der Waals surface area (Å²) in [6.45, 7) is 4.02. The first-order chi connectivity index (χ1) is 12.4. The van der Waals surface area contributed by atoms with Crippen LogP contribution in [-0.2, 0) is 10.3 Å². The quantitative estimate of drug-likeness (QED) is 0.842. The first-order valence-electron chi connectivity index (χ1n) is 8.28. The lowest BCUT2D eigenvalue weighted by Crippen LogP contribution is -2.41. The number of carbonyl (C=O) groups is 2. The van der Waals surface area contributed by atoms with Crippen molar-refractivity contribution in [1.29, 1.82) is 5.26 Å². The van der Waals surface area contributed by atoms with Crippen LogP contribution in [0.2, 0.25) is 0 Å². The van der Waals surface area contributed by atoms with Gasteiger partial charge in [0, 0.05) is 0 Å². The molecule has 26 heavy (non-hydrogen) atoms. The van der Waals surface area contributed by atoms with Crippen molar-refractivity contribution < 1.29 is 14.3 Å². The average Bonchev–Trinajstić information content (AvgIpc) is 2.87. The molecule has 1 fully saturated rings. The fraction of sp³-hybridized carbons (Fsp3) is 0.250. The summed E-state index contributed by atoms with van der Waals surface area (Å²) in [5.74, 6) is 0.359. The molecule has 1 aliphatic heterocycles. The smallest absolute Gasteiger partial charge is 0.325 e. The number of rotatable bonds is 5. The van der Waals surface area contributed by atoms with E-state index in [0.717, 1.165) is 10.5 Å².